The maximum atomic E-state index is 5.64. The fraction of sp³-hybridized carbons (Fsp3) is 0. The molecule has 0 fully saturated rings. The van der Waals surface area contributed by atoms with Crippen LogP contribution in [-0.4, -0.2) is 8.75 Å². The lowest BCUT2D eigenvalue weighted by Crippen LogP contribution is -1.87. The predicted molar refractivity (Wildman–Crippen MR) is 57.5 cm³/mol. The molecule has 0 aliphatic carbocycles. The van der Waals surface area contributed by atoms with Gasteiger partial charge in [0, 0.05) is 10.0 Å². The van der Waals surface area contributed by atoms with Crippen LogP contribution >= 0.6 is 27.7 Å². The molecule has 0 bridgehead atoms. The van der Waals surface area contributed by atoms with Gasteiger partial charge in [-0.25, -0.2) is 0 Å². The van der Waals surface area contributed by atoms with Crippen LogP contribution in [0.2, 0.25) is 0 Å². The van der Waals surface area contributed by atoms with Crippen molar-refractivity contribution in [3.63, 3.8) is 0 Å². The Morgan fingerprint density at radius 2 is 2.15 bits per heavy atom. The molecule has 2 rings (SSSR count). The molecule has 1 heterocycles. The van der Waals surface area contributed by atoms with Crippen LogP contribution in [0.4, 0.5) is 5.82 Å². The summed E-state index contributed by atoms with van der Waals surface area (Å²) in [6.45, 7) is 0. The molecule has 1 aromatic carbocycles. The topological polar surface area (TPSA) is 51.8 Å². The van der Waals surface area contributed by atoms with Gasteiger partial charge in [-0.1, -0.05) is 28.1 Å². The quantitative estimate of drug-likeness (QED) is 0.853. The first-order valence-corrected chi connectivity index (χ1v) is 5.13. The molecule has 0 unspecified atom stereocenters. The lowest BCUT2D eigenvalue weighted by Gasteiger charge is -1.97. The van der Waals surface area contributed by atoms with Crippen LogP contribution in [0.25, 0.3) is 11.3 Å². The van der Waals surface area contributed by atoms with Gasteiger partial charge in [-0.15, -0.1) is 0 Å². The summed E-state index contributed by atoms with van der Waals surface area (Å²) in [6.07, 6.45) is 0. The van der Waals surface area contributed by atoms with Crippen LogP contribution in [0.3, 0.4) is 0 Å². The molecule has 0 radical (unpaired) electrons. The molecule has 0 spiro atoms. The third kappa shape index (κ3) is 1.71. The van der Waals surface area contributed by atoms with Crippen molar-refractivity contribution in [1.82, 2.24) is 8.75 Å². The monoisotopic (exact) mass is 255 g/mol. The van der Waals surface area contributed by atoms with Gasteiger partial charge < -0.3 is 5.73 Å². The molecule has 3 nitrogen and oxygen atoms in total. The minimum Gasteiger partial charge on any atom is -0.381 e. The first-order valence-electron chi connectivity index (χ1n) is 3.61. The highest BCUT2D eigenvalue weighted by Gasteiger charge is 2.06. The van der Waals surface area contributed by atoms with Crippen LogP contribution in [0.15, 0.2) is 28.7 Å². The summed E-state index contributed by atoms with van der Waals surface area (Å²) >= 11 is 4.51. The maximum absolute atomic E-state index is 5.64. The molecule has 2 N–H and O–H groups in total. The zero-order valence-corrected chi connectivity index (χ0v) is 8.97. The Hall–Kier alpha value is -0.940. The van der Waals surface area contributed by atoms with Gasteiger partial charge in [-0.2, -0.15) is 8.75 Å². The number of aromatic nitrogens is 2. The van der Waals surface area contributed by atoms with E-state index >= 15 is 0 Å². The summed E-state index contributed by atoms with van der Waals surface area (Å²) in [5.41, 5.74) is 7.39. The zero-order chi connectivity index (χ0) is 9.26. The second-order valence-corrected chi connectivity index (χ2v) is 3.95. The number of nitrogens with zero attached hydrogens (tertiary/aromatic N) is 2. The Morgan fingerprint density at radius 3 is 2.77 bits per heavy atom. The van der Waals surface area contributed by atoms with E-state index in [1.165, 1.54) is 0 Å². The molecule has 0 atom stereocenters. The van der Waals surface area contributed by atoms with Gasteiger partial charge in [0.05, 0.1) is 11.7 Å². The van der Waals surface area contributed by atoms with Gasteiger partial charge >= 0.3 is 0 Å². The highest BCUT2D eigenvalue weighted by atomic mass is 79.9. The zero-order valence-electron chi connectivity index (χ0n) is 6.57. The average Bonchev–Trinajstić information content (AvgIpc) is 2.51. The van der Waals surface area contributed by atoms with E-state index < -0.39 is 0 Å². The van der Waals surface area contributed by atoms with Crippen molar-refractivity contribution in [2.45, 2.75) is 0 Å². The summed E-state index contributed by atoms with van der Waals surface area (Å²) in [5, 5.41) is 0. The van der Waals surface area contributed by atoms with Crippen molar-refractivity contribution in [2.75, 3.05) is 5.73 Å². The van der Waals surface area contributed by atoms with E-state index in [9.17, 15) is 0 Å². The minimum atomic E-state index is 0.489. The molecule has 5 heteroatoms. The molecule has 2 aromatic rings. The Kier molecular flexibility index (Phi) is 2.28. The van der Waals surface area contributed by atoms with Crippen molar-refractivity contribution in [3.05, 3.63) is 28.7 Å². The number of nitrogen functional groups attached to an aromatic ring is 1. The lowest BCUT2D eigenvalue weighted by atomic mass is 10.2. The lowest BCUT2D eigenvalue weighted by molar-refractivity contribution is 1.48. The number of hydrogen-bond acceptors (Lipinski definition) is 4. The molecule has 0 amide bonds. The number of anilines is 1. The van der Waals surface area contributed by atoms with Crippen molar-refractivity contribution >= 4 is 33.5 Å². The summed E-state index contributed by atoms with van der Waals surface area (Å²) in [6, 6.07) is 7.82. The first-order chi connectivity index (χ1) is 6.27. The highest BCUT2D eigenvalue weighted by molar-refractivity contribution is 9.10. The molecule has 0 aliphatic rings. The van der Waals surface area contributed by atoms with Crippen LogP contribution in [0.5, 0.6) is 0 Å². The van der Waals surface area contributed by atoms with Crippen LogP contribution in [0, 0.1) is 0 Å². The molecule has 0 saturated heterocycles. The second kappa shape index (κ2) is 3.43. The summed E-state index contributed by atoms with van der Waals surface area (Å²) in [5.74, 6) is 0.489. The number of hydrogen-bond donors (Lipinski definition) is 1. The minimum absolute atomic E-state index is 0.489. The fourth-order valence-corrected chi connectivity index (χ4v) is 1.93. The van der Waals surface area contributed by atoms with Crippen LogP contribution in [0.1, 0.15) is 0 Å². The SMILES string of the molecule is Nc1nsnc1-c1cccc(Br)c1. The van der Waals surface area contributed by atoms with E-state index in [2.05, 4.69) is 24.7 Å². The Bertz CT molecular complexity index is 427. The van der Waals surface area contributed by atoms with Crippen LogP contribution in [-0.2, 0) is 0 Å². The van der Waals surface area contributed by atoms with E-state index in [1.54, 1.807) is 0 Å². The highest BCUT2D eigenvalue weighted by Crippen LogP contribution is 2.25. The van der Waals surface area contributed by atoms with Crippen molar-refractivity contribution in [2.24, 2.45) is 0 Å². The summed E-state index contributed by atoms with van der Waals surface area (Å²) in [4.78, 5) is 0. The molecule has 0 aliphatic heterocycles. The number of halogens is 1. The molecule has 0 saturated carbocycles. The van der Waals surface area contributed by atoms with Crippen LogP contribution < -0.4 is 5.73 Å². The van der Waals surface area contributed by atoms with E-state index in [4.69, 9.17) is 5.73 Å². The van der Waals surface area contributed by atoms with Gasteiger partial charge in [-0.3, -0.25) is 0 Å². The number of benzene rings is 1. The first kappa shape index (κ1) is 8.65. The van der Waals surface area contributed by atoms with E-state index in [0.29, 0.717) is 5.82 Å². The van der Waals surface area contributed by atoms with Crippen molar-refractivity contribution in [1.29, 1.82) is 0 Å². The molecular weight excluding hydrogens is 250 g/mol. The van der Waals surface area contributed by atoms with E-state index in [1.807, 2.05) is 24.3 Å². The summed E-state index contributed by atoms with van der Waals surface area (Å²) < 4.78 is 9.04. The number of nitrogens with two attached hydrogens (primary N) is 1. The Morgan fingerprint density at radius 1 is 1.31 bits per heavy atom. The molecule has 1 aromatic heterocycles. The molecule has 66 valence electrons. The van der Waals surface area contributed by atoms with Gasteiger partial charge in [0.1, 0.15) is 5.69 Å². The third-order valence-electron chi connectivity index (χ3n) is 1.61. The fourth-order valence-electron chi connectivity index (χ4n) is 1.03. The van der Waals surface area contributed by atoms with E-state index in [-0.39, 0.29) is 0 Å². The normalized spacial score (nSPS) is 10.2. The second-order valence-electron chi connectivity index (χ2n) is 2.51. The number of rotatable bonds is 1. The molecule has 13 heavy (non-hydrogen) atoms. The van der Waals surface area contributed by atoms with Crippen molar-refractivity contribution in [3.8, 4) is 11.3 Å². The largest absolute Gasteiger partial charge is 0.381 e. The smallest absolute Gasteiger partial charge is 0.165 e. The molecular formula is C8H6BrN3S. The van der Waals surface area contributed by atoms with Crippen molar-refractivity contribution < 1.29 is 0 Å². The van der Waals surface area contributed by atoms with Gasteiger partial charge in [0.15, 0.2) is 5.82 Å². The maximum Gasteiger partial charge on any atom is 0.165 e. The van der Waals surface area contributed by atoms with Gasteiger partial charge in [0.25, 0.3) is 0 Å². The third-order valence-corrected chi connectivity index (χ3v) is 2.65. The van der Waals surface area contributed by atoms with Gasteiger partial charge in [0.2, 0.25) is 0 Å². The Balaban J connectivity index is 2.53. The van der Waals surface area contributed by atoms with E-state index in [0.717, 1.165) is 27.5 Å². The van der Waals surface area contributed by atoms with Gasteiger partial charge in [-0.05, 0) is 12.1 Å². The predicted octanol–water partition coefficient (Wildman–Crippen LogP) is 2.55. The summed E-state index contributed by atoms with van der Waals surface area (Å²) in [7, 11) is 0. The Labute approximate surface area is 88.1 Å². The standard InChI is InChI=1S/C8H6BrN3S/c9-6-3-1-2-5(4-6)7-8(10)12-13-11-7/h1-4H,(H2,10,12). The average molecular weight is 256 g/mol.